The first-order valence-electron chi connectivity index (χ1n) is 9.77. The molecule has 4 saturated carbocycles. The average molecular weight is 304 g/mol. The Morgan fingerprint density at radius 2 is 1.59 bits per heavy atom. The fourth-order valence-corrected chi connectivity index (χ4v) is 6.35. The first-order chi connectivity index (χ1) is 10.8. The minimum absolute atomic E-state index is 0.384. The van der Waals surface area contributed by atoms with Gasteiger partial charge in [0.1, 0.15) is 0 Å². The van der Waals surface area contributed by atoms with Crippen LogP contribution in [-0.4, -0.2) is 36.5 Å². The van der Waals surface area contributed by atoms with E-state index >= 15 is 0 Å². The lowest BCUT2D eigenvalue weighted by atomic mass is 9.51. The summed E-state index contributed by atoms with van der Waals surface area (Å²) in [5, 5.41) is 3.44. The number of carbonyl (C=O) groups is 1. The molecule has 1 N–H and O–H groups in total. The van der Waals surface area contributed by atoms with E-state index in [1.807, 2.05) is 0 Å². The van der Waals surface area contributed by atoms with Gasteiger partial charge in [0.25, 0.3) is 0 Å². The van der Waals surface area contributed by atoms with Crippen LogP contribution in [0.3, 0.4) is 0 Å². The van der Waals surface area contributed by atoms with Crippen molar-refractivity contribution in [1.82, 2.24) is 10.2 Å². The van der Waals surface area contributed by atoms with Crippen LogP contribution in [-0.2, 0) is 4.79 Å². The van der Waals surface area contributed by atoms with E-state index in [1.54, 1.807) is 0 Å². The SMILES string of the molecule is CCCN(C(=O)C1C2CC3CC(C2)CC1C3)C1CCNCC1. The summed E-state index contributed by atoms with van der Waals surface area (Å²) >= 11 is 0. The van der Waals surface area contributed by atoms with E-state index in [9.17, 15) is 4.79 Å². The van der Waals surface area contributed by atoms with Crippen LogP contribution < -0.4 is 5.32 Å². The van der Waals surface area contributed by atoms with Gasteiger partial charge in [0.2, 0.25) is 5.91 Å². The lowest BCUT2D eigenvalue weighted by Gasteiger charge is -2.55. The molecule has 1 heterocycles. The quantitative estimate of drug-likeness (QED) is 0.866. The third kappa shape index (κ3) is 2.60. The topological polar surface area (TPSA) is 32.3 Å². The number of carbonyl (C=O) groups excluding carboxylic acids is 1. The number of piperidine rings is 1. The van der Waals surface area contributed by atoms with Gasteiger partial charge in [0.05, 0.1) is 0 Å². The molecule has 5 rings (SSSR count). The smallest absolute Gasteiger partial charge is 0.226 e. The maximum atomic E-state index is 13.4. The second kappa shape index (κ2) is 6.14. The van der Waals surface area contributed by atoms with Crippen molar-refractivity contribution in [2.45, 2.75) is 64.3 Å². The number of nitrogens with zero attached hydrogens (tertiary/aromatic N) is 1. The second-order valence-corrected chi connectivity index (χ2v) is 8.47. The fraction of sp³-hybridized carbons (Fsp3) is 0.947. The molecule has 5 aliphatic rings. The van der Waals surface area contributed by atoms with E-state index in [0.717, 1.165) is 62.6 Å². The Morgan fingerprint density at radius 3 is 2.14 bits per heavy atom. The molecule has 4 bridgehead atoms. The predicted octanol–water partition coefficient (Wildman–Crippen LogP) is 3.05. The molecule has 0 radical (unpaired) electrons. The standard InChI is InChI=1S/C19H32N2O/c1-2-7-21(17-3-5-20-6-4-17)19(22)18-15-9-13-8-14(11-15)12-16(18)10-13/h13-18,20H,2-12H2,1H3. The van der Waals surface area contributed by atoms with E-state index in [-0.39, 0.29) is 0 Å². The summed E-state index contributed by atoms with van der Waals surface area (Å²) in [4.78, 5) is 15.7. The van der Waals surface area contributed by atoms with Crippen LogP contribution in [0.15, 0.2) is 0 Å². The average Bonchev–Trinajstić information content (AvgIpc) is 2.52. The number of nitrogens with one attached hydrogen (secondary N) is 1. The van der Waals surface area contributed by atoms with E-state index in [1.165, 1.54) is 32.1 Å². The number of hydrogen-bond donors (Lipinski definition) is 1. The Balaban J connectivity index is 1.51. The molecule has 0 aromatic rings. The molecular formula is C19H32N2O. The Kier molecular flexibility index (Phi) is 4.19. The van der Waals surface area contributed by atoms with E-state index in [4.69, 9.17) is 0 Å². The monoisotopic (exact) mass is 304 g/mol. The van der Waals surface area contributed by atoms with Gasteiger partial charge in [-0.25, -0.2) is 0 Å². The van der Waals surface area contributed by atoms with Gasteiger partial charge in [-0.3, -0.25) is 4.79 Å². The molecule has 1 saturated heterocycles. The van der Waals surface area contributed by atoms with E-state index in [2.05, 4.69) is 17.1 Å². The van der Waals surface area contributed by atoms with Crippen molar-refractivity contribution in [3.05, 3.63) is 0 Å². The summed E-state index contributed by atoms with van der Waals surface area (Å²) in [6.07, 6.45) is 10.3. The Hall–Kier alpha value is -0.570. The second-order valence-electron chi connectivity index (χ2n) is 8.47. The van der Waals surface area contributed by atoms with Crippen LogP contribution in [0.25, 0.3) is 0 Å². The Bertz CT molecular complexity index is 388. The molecule has 0 spiro atoms. The van der Waals surface area contributed by atoms with Crippen LogP contribution in [0.5, 0.6) is 0 Å². The van der Waals surface area contributed by atoms with Crippen LogP contribution in [0.1, 0.15) is 58.3 Å². The van der Waals surface area contributed by atoms with Crippen molar-refractivity contribution in [2.75, 3.05) is 19.6 Å². The van der Waals surface area contributed by atoms with Gasteiger partial charge in [-0.1, -0.05) is 6.92 Å². The summed E-state index contributed by atoms with van der Waals surface area (Å²) < 4.78 is 0. The van der Waals surface area contributed by atoms with Crippen LogP contribution >= 0.6 is 0 Å². The fourth-order valence-electron chi connectivity index (χ4n) is 6.35. The molecule has 22 heavy (non-hydrogen) atoms. The third-order valence-electron chi connectivity index (χ3n) is 7.01. The van der Waals surface area contributed by atoms with Gasteiger partial charge in [0, 0.05) is 18.5 Å². The van der Waals surface area contributed by atoms with Crippen molar-refractivity contribution < 1.29 is 4.79 Å². The highest BCUT2D eigenvalue weighted by atomic mass is 16.2. The Labute approximate surface area is 135 Å². The van der Waals surface area contributed by atoms with Crippen molar-refractivity contribution >= 4 is 5.91 Å². The van der Waals surface area contributed by atoms with Crippen LogP contribution in [0.2, 0.25) is 0 Å². The van der Waals surface area contributed by atoms with Gasteiger partial charge >= 0.3 is 0 Å². The summed E-state index contributed by atoms with van der Waals surface area (Å²) in [5.41, 5.74) is 0. The minimum atomic E-state index is 0.384. The normalized spacial score (nSPS) is 40.9. The van der Waals surface area contributed by atoms with Crippen molar-refractivity contribution in [1.29, 1.82) is 0 Å². The van der Waals surface area contributed by atoms with Gasteiger partial charge in [0.15, 0.2) is 0 Å². The largest absolute Gasteiger partial charge is 0.339 e. The van der Waals surface area contributed by atoms with Gasteiger partial charge in [-0.2, -0.15) is 0 Å². The van der Waals surface area contributed by atoms with Crippen LogP contribution in [0.4, 0.5) is 0 Å². The van der Waals surface area contributed by atoms with E-state index in [0.29, 0.717) is 17.9 Å². The molecule has 0 atom stereocenters. The predicted molar refractivity (Wildman–Crippen MR) is 88.4 cm³/mol. The van der Waals surface area contributed by atoms with Gasteiger partial charge in [-0.05, 0) is 88.1 Å². The maximum Gasteiger partial charge on any atom is 0.226 e. The van der Waals surface area contributed by atoms with Crippen LogP contribution in [0, 0.1) is 29.6 Å². The molecule has 0 aromatic carbocycles. The van der Waals surface area contributed by atoms with Gasteiger partial charge in [-0.15, -0.1) is 0 Å². The molecule has 0 unspecified atom stereocenters. The molecule has 4 aliphatic carbocycles. The zero-order valence-corrected chi connectivity index (χ0v) is 14.1. The zero-order valence-electron chi connectivity index (χ0n) is 14.1. The first-order valence-corrected chi connectivity index (χ1v) is 9.77. The molecule has 1 amide bonds. The number of amides is 1. The summed E-state index contributed by atoms with van der Waals surface area (Å²) in [5.74, 6) is 4.31. The lowest BCUT2D eigenvalue weighted by Crippen LogP contribution is -2.55. The molecule has 3 heteroatoms. The molecule has 1 aliphatic heterocycles. The van der Waals surface area contributed by atoms with Crippen molar-refractivity contribution in [2.24, 2.45) is 29.6 Å². The van der Waals surface area contributed by atoms with E-state index < -0.39 is 0 Å². The van der Waals surface area contributed by atoms with Gasteiger partial charge < -0.3 is 10.2 Å². The van der Waals surface area contributed by atoms with Crippen molar-refractivity contribution in [3.8, 4) is 0 Å². The summed E-state index contributed by atoms with van der Waals surface area (Å²) in [6, 6.07) is 0.505. The zero-order chi connectivity index (χ0) is 15.1. The van der Waals surface area contributed by atoms with Crippen molar-refractivity contribution in [3.63, 3.8) is 0 Å². The molecule has 5 fully saturated rings. The first kappa shape index (κ1) is 15.0. The highest BCUT2D eigenvalue weighted by Crippen LogP contribution is 2.57. The molecule has 3 nitrogen and oxygen atoms in total. The summed E-state index contributed by atoms with van der Waals surface area (Å²) in [7, 11) is 0. The third-order valence-corrected chi connectivity index (χ3v) is 7.01. The number of hydrogen-bond acceptors (Lipinski definition) is 2. The number of rotatable bonds is 4. The Morgan fingerprint density at radius 1 is 1.00 bits per heavy atom. The maximum absolute atomic E-state index is 13.4. The summed E-state index contributed by atoms with van der Waals surface area (Å²) in [6.45, 7) is 5.37. The molecule has 124 valence electrons. The molecular weight excluding hydrogens is 272 g/mol. The highest BCUT2D eigenvalue weighted by molar-refractivity contribution is 5.80. The highest BCUT2D eigenvalue weighted by Gasteiger charge is 2.51. The molecule has 0 aromatic heterocycles. The lowest BCUT2D eigenvalue weighted by molar-refractivity contribution is -0.152. The minimum Gasteiger partial charge on any atom is -0.339 e.